The second-order valence-electron chi connectivity index (χ2n) is 12.4. The maximum absolute atomic E-state index is 15.0. The van der Waals surface area contributed by atoms with Crippen molar-refractivity contribution in [3.8, 4) is 5.75 Å². The van der Waals surface area contributed by atoms with Crippen molar-refractivity contribution < 1.29 is 38.5 Å². The van der Waals surface area contributed by atoms with Crippen molar-refractivity contribution in [2.24, 2.45) is 22.7 Å². The third-order valence-corrected chi connectivity index (χ3v) is 9.07. The summed E-state index contributed by atoms with van der Waals surface area (Å²) in [6, 6.07) is 11.1. The predicted octanol–water partition coefficient (Wildman–Crippen LogP) is 6.37. The zero-order chi connectivity index (χ0) is 30.1. The van der Waals surface area contributed by atoms with Crippen LogP contribution in [0.4, 0.5) is 9.18 Å². The number of nitrogens with zero attached hydrogens (tertiary/aromatic N) is 1. The van der Waals surface area contributed by atoms with Gasteiger partial charge in [0.2, 0.25) is 0 Å². The van der Waals surface area contributed by atoms with E-state index < -0.39 is 58.5 Å². The SMILES string of the molecule is Cc1c(F)cccc1C1C(C(=O)c2cccc(OC3CCCCO3)c2)CN(C(=O)O)CC1(C(=O)O)C(C)C(C)(C)C. The molecular formula is C32H40FNO7. The zero-order valence-electron chi connectivity index (χ0n) is 24.4. The number of carbonyl (C=O) groups is 3. The minimum absolute atomic E-state index is 0.225. The largest absolute Gasteiger partial charge is 0.481 e. The van der Waals surface area contributed by atoms with Crippen LogP contribution in [0.2, 0.25) is 0 Å². The number of benzene rings is 2. The summed E-state index contributed by atoms with van der Waals surface area (Å²) in [5.74, 6) is -4.42. The summed E-state index contributed by atoms with van der Waals surface area (Å²) in [5.41, 5.74) is -1.40. The van der Waals surface area contributed by atoms with Gasteiger partial charge in [0.05, 0.1) is 12.0 Å². The van der Waals surface area contributed by atoms with Gasteiger partial charge in [-0.3, -0.25) is 9.59 Å². The number of carboxylic acid groups (broad SMARTS) is 2. The van der Waals surface area contributed by atoms with Gasteiger partial charge < -0.3 is 24.6 Å². The van der Waals surface area contributed by atoms with Gasteiger partial charge in [-0.1, -0.05) is 52.0 Å². The van der Waals surface area contributed by atoms with Crippen LogP contribution in [0.15, 0.2) is 42.5 Å². The molecule has 5 atom stereocenters. The molecule has 2 aliphatic heterocycles. The first-order valence-electron chi connectivity index (χ1n) is 14.2. The van der Waals surface area contributed by atoms with E-state index in [4.69, 9.17) is 9.47 Å². The average Bonchev–Trinajstić information content (AvgIpc) is 2.93. The summed E-state index contributed by atoms with van der Waals surface area (Å²) in [6.07, 6.45) is 0.908. The Hall–Kier alpha value is -3.46. The van der Waals surface area contributed by atoms with Crippen molar-refractivity contribution >= 4 is 17.8 Å². The number of amides is 1. The lowest BCUT2D eigenvalue weighted by molar-refractivity contribution is -0.164. The molecule has 2 fully saturated rings. The van der Waals surface area contributed by atoms with E-state index in [0.717, 1.165) is 24.2 Å². The number of hydrogen-bond donors (Lipinski definition) is 2. The topological polar surface area (TPSA) is 113 Å². The van der Waals surface area contributed by atoms with Gasteiger partial charge in [0.25, 0.3) is 0 Å². The first-order chi connectivity index (χ1) is 19.3. The van der Waals surface area contributed by atoms with Crippen molar-refractivity contribution in [3.05, 3.63) is 65.0 Å². The molecule has 0 saturated carbocycles. The van der Waals surface area contributed by atoms with Gasteiger partial charge in [0.1, 0.15) is 11.6 Å². The van der Waals surface area contributed by atoms with Gasteiger partial charge in [-0.2, -0.15) is 0 Å². The quantitative estimate of drug-likeness (QED) is 0.373. The second kappa shape index (κ2) is 11.8. The monoisotopic (exact) mass is 569 g/mol. The highest BCUT2D eigenvalue weighted by atomic mass is 19.1. The van der Waals surface area contributed by atoms with Crippen molar-refractivity contribution in [2.75, 3.05) is 19.7 Å². The van der Waals surface area contributed by atoms with E-state index >= 15 is 0 Å². The normalized spacial score (nSPS) is 25.8. The third-order valence-electron chi connectivity index (χ3n) is 9.07. The van der Waals surface area contributed by atoms with Crippen LogP contribution in [-0.2, 0) is 9.53 Å². The van der Waals surface area contributed by atoms with Gasteiger partial charge in [-0.15, -0.1) is 0 Å². The third kappa shape index (κ3) is 5.96. The summed E-state index contributed by atoms with van der Waals surface area (Å²) in [7, 11) is 0. The minimum Gasteiger partial charge on any atom is -0.481 e. The predicted molar refractivity (Wildman–Crippen MR) is 151 cm³/mol. The fourth-order valence-corrected chi connectivity index (χ4v) is 6.47. The van der Waals surface area contributed by atoms with E-state index in [-0.39, 0.29) is 24.2 Å². The fourth-order valence-electron chi connectivity index (χ4n) is 6.47. The summed E-state index contributed by atoms with van der Waals surface area (Å²) in [6.45, 7) is 9.06. The summed E-state index contributed by atoms with van der Waals surface area (Å²) < 4.78 is 26.6. The van der Waals surface area contributed by atoms with Crippen LogP contribution in [-0.4, -0.2) is 58.9 Å². The van der Waals surface area contributed by atoms with Crippen LogP contribution in [0.25, 0.3) is 0 Å². The molecule has 9 heteroatoms. The number of aliphatic carboxylic acids is 1. The molecule has 0 aromatic heterocycles. The Kier molecular flexibility index (Phi) is 8.78. The average molecular weight is 570 g/mol. The van der Waals surface area contributed by atoms with E-state index in [1.807, 2.05) is 20.8 Å². The molecule has 5 unspecified atom stereocenters. The molecule has 0 radical (unpaired) electrons. The zero-order valence-corrected chi connectivity index (χ0v) is 24.4. The number of carboxylic acids is 1. The van der Waals surface area contributed by atoms with Gasteiger partial charge in [0.15, 0.2) is 12.1 Å². The Morgan fingerprint density at radius 2 is 1.83 bits per heavy atom. The second-order valence-corrected chi connectivity index (χ2v) is 12.4. The number of likely N-dealkylation sites (tertiary alicyclic amines) is 1. The van der Waals surface area contributed by atoms with Crippen molar-refractivity contribution in [1.82, 2.24) is 4.90 Å². The molecule has 0 spiro atoms. The van der Waals surface area contributed by atoms with Gasteiger partial charge in [-0.05, 0) is 60.4 Å². The van der Waals surface area contributed by atoms with E-state index in [9.17, 15) is 29.0 Å². The van der Waals surface area contributed by atoms with Crippen LogP contribution in [0, 0.1) is 35.4 Å². The highest BCUT2D eigenvalue weighted by molar-refractivity contribution is 6.00. The Morgan fingerprint density at radius 1 is 1.12 bits per heavy atom. The molecule has 8 nitrogen and oxygen atoms in total. The molecule has 0 bridgehead atoms. The van der Waals surface area contributed by atoms with Crippen LogP contribution in [0.1, 0.15) is 74.4 Å². The maximum Gasteiger partial charge on any atom is 0.407 e. The molecule has 222 valence electrons. The smallest absolute Gasteiger partial charge is 0.407 e. The standard InChI is InChI=1S/C32H40FNO7/c1-19-23(12-9-13-25(19)33)27-24(17-34(30(38)39)18-32(27,29(36)37)20(2)31(3,4)5)28(35)21-10-8-11-22(16-21)41-26-14-6-7-15-40-26/h8-13,16,20,24,26-27H,6-7,14-15,17-18H2,1-5H3,(H,36,37)(H,38,39). The van der Waals surface area contributed by atoms with Gasteiger partial charge in [-0.25, -0.2) is 9.18 Å². The first kappa shape index (κ1) is 30.5. The lowest BCUT2D eigenvalue weighted by Crippen LogP contribution is -2.62. The molecule has 0 aliphatic carbocycles. The number of halogens is 1. The molecule has 2 aliphatic rings. The molecule has 2 aromatic rings. The van der Waals surface area contributed by atoms with E-state index in [2.05, 4.69) is 0 Å². The molecule has 2 aromatic carbocycles. The molecule has 4 rings (SSSR count). The Morgan fingerprint density at radius 3 is 2.44 bits per heavy atom. The van der Waals surface area contributed by atoms with Crippen LogP contribution >= 0.6 is 0 Å². The molecule has 2 saturated heterocycles. The number of hydrogen-bond acceptors (Lipinski definition) is 5. The molecule has 41 heavy (non-hydrogen) atoms. The first-order valence-corrected chi connectivity index (χ1v) is 14.2. The van der Waals surface area contributed by atoms with Gasteiger partial charge >= 0.3 is 12.1 Å². The fraction of sp³-hybridized carbons (Fsp3) is 0.531. The van der Waals surface area contributed by atoms with E-state index in [1.54, 1.807) is 44.2 Å². The lowest BCUT2D eigenvalue weighted by Gasteiger charge is -2.54. The number of ketones is 1. The van der Waals surface area contributed by atoms with Crippen molar-refractivity contribution in [1.29, 1.82) is 0 Å². The van der Waals surface area contributed by atoms with Crippen molar-refractivity contribution in [3.63, 3.8) is 0 Å². The number of Topliss-reactive ketones (excluding diaryl/α,β-unsaturated/α-hetero) is 1. The Labute approximate surface area is 240 Å². The Balaban J connectivity index is 1.88. The lowest BCUT2D eigenvalue weighted by atomic mass is 9.52. The number of piperidine rings is 1. The summed E-state index contributed by atoms with van der Waals surface area (Å²) >= 11 is 0. The maximum atomic E-state index is 15.0. The van der Waals surface area contributed by atoms with Gasteiger partial charge in [0, 0.05) is 36.9 Å². The molecular weight excluding hydrogens is 529 g/mol. The number of carbonyl (C=O) groups excluding carboxylic acids is 1. The molecule has 2 N–H and O–H groups in total. The van der Waals surface area contributed by atoms with Crippen LogP contribution in [0.3, 0.4) is 0 Å². The highest BCUT2D eigenvalue weighted by Crippen LogP contribution is 2.56. The van der Waals surface area contributed by atoms with Crippen LogP contribution < -0.4 is 4.74 Å². The Bertz CT molecular complexity index is 1300. The molecule has 2 heterocycles. The molecule has 1 amide bonds. The van der Waals surface area contributed by atoms with E-state index in [0.29, 0.717) is 17.9 Å². The highest BCUT2D eigenvalue weighted by Gasteiger charge is 2.61. The summed E-state index contributed by atoms with van der Waals surface area (Å²) in [4.78, 5) is 41.3. The number of rotatable bonds is 7. The minimum atomic E-state index is -1.72. The summed E-state index contributed by atoms with van der Waals surface area (Å²) in [5, 5.41) is 21.1. The van der Waals surface area contributed by atoms with Crippen LogP contribution in [0.5, 0.6) is 5.75 Å². The van der Waals surface area contributed by atoms with E-state index in [1.165, 1.54) is 12.1 Å². The number of ether oxygens (including phenoxy) is 2. The van der Waals surface area contributed by atoms with Crippen molar-refractivity contribution in [2.45, 2.75) is 66.1 Å².